The van der Waals surface area contributed by atoms with Crippen molar-refractivity contribution in [1.82, 2.24) is 9.88 Å². The summed E-state index contributed by atoms with van der Waals surface area (Å²) in [4.78, 5) is 10.2. The van der Waals surface area contributed by atoms with Crippen molar-refractivity contribution >= 4 is 11.3 Å². The zero-order chi connectivity index (χ0) is 12.3. The predicted octanol–water partition coefficient (Wildman–Crippen LogP) is 3.13. The molecule has 1 aromatic heterocycles. The molecule has 0 saturated heterocycles. The van der Waals surface area contributed by atoms with Crippen LogP contribution in [0.2, 0.25) is 0 Å². The molecular weight excluding hydrogens is 210 g/mol. The summed E-state index contributed by atoms with van der Waals surface area (Å²) in [7, 11) is 0. The third-order valence-electron chi connectivity index (χ3n) is 3.12. The maximum absolute atomic E-state index is 6.91. The maximum atomic E-state index is 6.91. The fourth-order valence-corrected chi connectivity index (χ4v) is 2.04. The minimum absolute atomic E-state index is 0.571. The van der Waals surface area contributed by atoms with Gasteiger partial charge in [0.2, 0.25) is 5.69 Å². The molecule has 0 bridgehead atoms. The lowest BCUT2D eigenvalue weighted by Gasteiger charge is -2.30. The number of hydrogen-bond acceptors (Lipinski definition) is 2. The summed E-state index contributed by atoms with van der Waals surface area (Å²) in [6, 6.07) is 4.36. The van der Waals surface area contributed by atoms with Gasteiger partial charge in [0.05, 0.1) is 12.3 Å². The van der Waals surface area contributed by atoms with Crippen molar-refractivity contribution in [2.75, 3.05) is 13.1 Å². The van der Waals surface area contributed by atoms with E-state index in [0.29, 0.717) is 11.7 Å². The number of aromatic nitrogens is 1. The molecule has 2 heterocycles. The van der Waals surface area contributed by atoms with Gasteiger partial charge in [-0.2, -0.15) is 0 Å². The standard InChI is InChI=1S/C14H17N3/c1-11(2)17-8-4-5-12(10-17)14-7-6-13(15-3)9-16-14/h5-7,9,11H,4,8,10H2,1-2H3. The average molecular weight is 227 g/mol. The molecule has 17 heavy (non-hydrogen) atoms. The van der Waals surface area contributed by atoms with E-state index in [2.05, 4.69) is 34.7 Å². The Balaban J connectivity index is 2.17. The second-order valence-corrected chi connectivity index (χ2v) is 4.60. The van der Waals surface area contributed by atoms with Gasteiger partial charge in [0.1, 0.15) is 0 Å². The molecule has 0 N–H and O–H groups in total. The average Bonchev–Trinajstić information content (AvgIpc) is 2.39. The first-order valence-corrected chi connectivity index (χ1v) is 5.97. The largest absolute Gasteiger partial charge is 0.296 e. The van der Waals surface area contributed by atoms with Crippen LogP contribution in [0.15, 0.2) is 24.4 Å². The molecule has 0 atom stereocenters. The summed E-state index contributed by atoms with van der Waals surface area (Å²) in [5.74, 6) is 0. The Kier molecular flexibility index (Phi) is 3.55. The van der Waals surface area contributed by atoms with Crippen LogP contribution >= 0.6 is 0 Å². The molecule has 0 spiro atoms. The summed E-state index contributed by atoms with van der Waals surface area (Å²) in [6.07, 6.45) is 5.00. The third kappa shape index (κ3) is 2.72. The Labute approximate surface area is 103 Å². The lowest BCUT2D eigenvalue weighted by molar-refractivity contribution is 0.247. The highest BCUT2D eigenvalue weighted by Gasteiger charge is 2.16. The van der Waals surface area contributed by atoms with E-state index in [1.54, 1.807) is 6.20 Å². The lowest BCUT2D eigenvalue weighted by atomic mass is 10.0. The van der Waals surface area contributed by atoms with Crippen LogP contribution in [0.4, 0.5) is 5.69 Å². The van der Waals surface area contributed by atoms with Crippen LogP contribution in [-0.2, 0) is 0 Å². The minimum Gasteiger partial charge on any atom is -0.296 e. The molecule has 88 valence electrons. The van der Waals surface area contributed by atoms with Crippen molar-refractivity contribution < 1.29 is 0 Å². The first-order valence-electron chi connectivity index (χ1n) is 5.97. The molecule has 0 fully saturated rings. The van der Waals surface area contributed by atoms with Crippen molar-refractivity contribution in [1.29, 1.82) is 0 Å². The summed E-state index contributed by atoms with van der Waals surface area (Å²) < 4.78 is 0. The molecule has 0 radical (unpaired) electrons. The van der Waals surface area contributed by atoms with Gasteiger partial charge in [0, 0.05) is 25.3 Å². The van der Waals surface area contributed by atoms with Crippen molar-refractivity contribution in [2.24, 2.45) is 0 Å². The molecule has 0 amide bonds. The van der Waals surface area contributed by atoms with E-state index in [4.69, 9.17) is 6.57 Å². The van der Waals surface area contributed by atoms with Gasteiger partial charge in [-0.15, -0.1) is 0 Å². The first kappa shape index (κ1) is 11.8. The van der Waals surface area contributed by atoms with E-state index < -0.39 is 0 Å². The SMILES string of the molecule is [C-]#[N+]c1ccc(C2=CCCN(C(C)C)C2)nc1. The van der Waals surface area contributed by atoms with E-state index in [9.17, 15) is 0 Å². The highest BCUT2D eigenvalue weighted by molar-refractivity contribution is 5.65. The molecule has 0 aliphatic carbocycles. The second kappa shape index (κ2) is 5.11. The molecule has 2 rings (SSSR count). The molecule has 0 saturated carbocycles. The molecule has 1 aromatic rings. The van der Waals surface area contributed by atoms with E-state index in [-0.39, 0.29) is 0 Å². The van der Waals surface area contributed by atoms with E-state index in [0.717, 1.165) is 25.2 Å². The molecule has 1 aliphatic heterocycles. The fraction of sp³-hybridized carbons (Fsp3) is 0.429. The van der Waals surface area contributed by atoms with Crippen molar-refractivity contribution in [3.05, 3.63) is 41.5 Å². The van der Waals surface area contributed by atoms with Gasteiger partial charge in [-0.3, -0.25) is 9.88 Å². The van der Waals surface area contributed by atoms with Crippen LogP contribution in [-0.4, -0.2) is 29.0 Å². The number of pyridine rings is 1. The molecular formula is C14H17N3. The van der Waals surface area contributed by atoms with Crippen LogP contribution in [0.1, 0.15) is 26.0 Å². The molecule has 0 aromatic carbocycles. The van der Waals surface area contributed by atoms with Crippen LogP contribution in [0, 0.1) is 6.57 Å². The summed E-state index contributed by atoms with van der Waals surface area (Å²) in [5.41, 5.74) is 2.88. The monoisotopic (exact) mass is 227 g/mol. The zero-order valence-corrected chi connectivity index (χ0v) is 10.3. The Hall–Kier alpha value is -1.66. The summed E-state index contributed by atoms with van der Waals surface area (Å²) in [6.45, 7) is 13.4. The van der Waals surface area contributed by atoms with Crippen LogP contribution in [0.3, 0.4) is 0 Å². The van der Waals surface area contributed by atoms with Gasteiger partial charge in [-0.1, -0.05) is 12.1 Å². The van der Waals surface area contributed by atoms with Gasteiger partial charge in [-0.25, -0.2) is 4.85 Å². The second-order valence-electron chi connectivity index (χ2n) is 4.60. The first-order chi connectivity index (χ1) is 8.20. The quantitative estimate of drug-likeness (QED) is 0.723. The van der Waals surface area contributed by atoms with Crippen molar-refractivity contribution in [2.45, 2.75) is 26.3 Å². The van der Waals surface area contributed by atoms with Gasteiger partial charge in [0.15, 0.2) is 0 Å². The van der Waals surface area contributed by atoms with Gasteiger partial charge in [-0.05, 0) is 31.9 Å². The fourth-order valence-electron chi connectivity index (χ4n) is 2.04. The van der Waals surface area contributed by atoms with E-state index >= 15 is 0 Å². The van der Waals surface area contributed by atoms with Crippen LogP contribution < -0.4 is 0 Å². The molecule has 3 heteroatoms. The summed E-state index contributed by atoms with van der Waals surface area (Å²) >= 11 is 0. The maximum Gasteiger partial charge on any atom is 0.205 e. The molecule has 0 unspecified atom stereocenters. The topological polar surface area (TPSA) is 20.5 Å². The van der Waals surface area contributed by atoms with Gasteiger partial charge in [0.25, 0.3) is 0 Å². The van der Waals surface area contributed by atoms with Crippen molar-refractivity contribution in [3.63, 3.8) is 0 Å². The summed E-state index contributed by atoms with van der Waals surface area (Å²) in [5, 5.41) is 0. The minimum atomic E-state index is 0.571. The van der Waals surface area contributed by atoms with Gasteiger partial charge >= 0.3 is 0 Å². The van der Waals surface area contributed by atoms with Crippen molar-refractivity contribution in [3.8, 4) is 0 Å². The molecule has 3 nitrogen and oxygen atoms in total. The highest BCUT2D eigenvalue weighted by atomic mass is 15.1. The Bertz CT molecular complexity index is 451. The van der Waals surface area contributed by atoms with Gasteiger partial charge < -0.3 is 0 Å². The predicted molar refractivity (Wildman–Crippen MR) is 69.8 cm³/mol. The zero-order valence-electron chi connectivity index (χ0n) is 10.3. The van der Waals surface area contributed by atoms with Crippen LogP contribution in [0.25, 0.3) is 10.4 Å². The lowest BCUT2D eigenvalue weighted by Crippen LogP contribution is -2.35. The van der Waals surface area contributed by atoms with E-state index in [1.807, 2.05) is 12.1 Å². The third-order valence-corrected chi connectivity index (χ3v) is 3.12. The Morgan fingerprint density at radius 1 is 1.41 bits per heavy atom. The van der Waals surface area contributed by atoms with Crippen LogP contribution in [0.5, 0.6) is 0 Å². The molecule has 1 aliphatic rings. The Morgan fingerprint density at radius 3 is 2.82 bits per heavy atom. The smallest absolute Gasteiger partial charge is 0.205 e. The highest BCUT2D eigenvalue weighted by Crippen LogP contribution is 2.22. The number of nitrogens with zero attached hydrogens (tertiary/aromatic N) is 3. The number of rotatable bonds is 2. The normalized spacial score (nSPS) is 16.7. The number of hydrogen-bond donors (Lipinski definition) is 0. The Morgan fingerprint density at radius 2 is 2.24 bits per heavy atom. The van der Waals surface area contributed by atoms with E-state index in [1.165, 1.54) is 5.57 Å².